The summed E-state index contributed by atoms with van der Waals surface area (Å²) in [5, 5.41) is 3.42. The second-order valence-corrected chi connectivity index (χ2v) is 3.83. The summed E-state index contributed by atoms with van der Waals surface area (Å²) in [7, 11) is 0. The number of hydrogen-bond acceptors (Lipinski definition) is 1. The molecule has 1 amide bonds. The van der Waals surface area contributed by atoms with Crippen molar-refractivity contribution < 1.29 is 4.79 Å². The molecule has 1 N–H and O–H groups in total. The molecule has 1 atom stereocenters. The molecule has 0 saturated heterocycles. The lowest BCUT2D eigenvalue weighted by atomic mass is 10.0. The minimum atomic E-state index is -0.109. The molecule has 0 aromatic heterocycles. The van der Waals surface area contributed by atoms with E-state index >= 15 is 0 Å². The fraction of sp³-hybridized carbons (Fsp3) is 0.250. The average molecular weight is 224 g/mol. The number of benzene rings is 1. The maximum absolute atomic E-state index is 10.9. The van der Waals surface area contributed by atoms with E-state index in [-0.39, 0.29) is 11.9 Å². The van der Waals surface area contributed by atoms with E-state index in [1.165, 1.54) is 6.92 Å². The van der Waals surface area contributed by atoms with Gasteiger partial charge in [-0.25, -0.2) is 0 Å². The third kappa shape index (κ3) is 3.10. The van der Waals surface area contributed by atoms with E-state index in [4.69, 9.17) is 11.6 Å². The monoisotopic (exact) mass is 223 g/mol. The van der Waals surface area contributed by atoms with E-state index in [1.807, 2.05) is 31.2 Å². The SMILES string of the molecule is C=C(c1ccccc1Cl)[C@H](C)NC(C)=O. The van der Waals surface area contributed by atoms with E-state index in [9.17, 15) is 4.79 Å². The summed E-state index contributed by atoms with van der Waals surface area (Å²) >= 11 is 6.03. The molecular formula is C12H14ClNO. The summed E-state index contributed by atoms with van der Waals surface area (Å²) in [4.78, 5) is 10.9. The van der Waals surface area contributed by atoms with Gasteiger partial charge in [0.15, 0.2) is 0 Å². The van der Waals surface area contributed by atoms with E-state index < -0.39 is 0 Å². The predicted molar refractivity (Wildman–Crippen MR) is 63.8 cm³/mol. The van der Waals surface area contributed by atoms with Crippen molar-refractivity contribution in [3.8, 4) is 0 Å². The molecule has 0 aliphatic rings. The topological polar surface area (TPSA) is 29.1 Å². The van der Waals surface area contributed by atoms with Crippen molar-refractivity contribution >= 4 is 23.1 Å². The summed E-state index contributed by atoms with van der Waals surface area (Å²) in [6.45, 7) is 7.30. The number of amides is 1. The van der Waals surface area contributed by atoms with Crippen molar-refractivity contribution in [2.24, 2.45) is 0 Å². The van der Waals surface area contributed by atoms with Crippen molar-refractivity contribution in [3.63, 3.8) is 0 Å². The van der Waals surface area contributed by atoms with E-state index in [1.54, 1.807) is 0 Å². The molecule has 0 saturated carbocycles. The second kappa shape index (κ2) is 4.99. The fourth-order valence-electron chi connectivity index (χ4n) is 1.35. The van der Waals surface area contributed by atoms with Crippen molar-refractivity contribution in [1.82, 2.24) is 5.32 Å². The third-order valence-electron chi connectivity index (χ3n) is 2.16. The number of halogens is 1. The first-order valence-corrected chi connectivity index (χ1v) is 5.11. The molecule has 1 aromatic rings. The van der Waals surface area contributed by atoms with Gasteiger partial charge in [0.25, 0.3) is 0 Å². The van der Waals surface area contributed by atoms with Crippen LogP contribution in [0.5, 0.6) is 0 Å². The van der Waals surface area contributed by atoms with Gasteiger partial charge in [0, 0.05) is 11.9 Å². The van der Waals surface area contributed by atoms with Crippen molar-refractivity contribution in [2.45, 2.75) is 19.9 Å². The molecule has 1 rings (SSSR count). The first-order chi connectivity index (χ1) is 7.02. The van der Waals surface area contributed by atoms with Gasteiger partial charge in [0.05, 0.1) is 6.04 Å². The van der Waals surface area contributed by atoms with Crippen LogP contribution in [0.2, 0.25) is 5.02 Å². The van der Waals surface area contributed by atoms with Crippen LogP contribution in [-0.2, 0) is 4.79 Å². The van der Waals surface area contributed by atoms with Gasteiger partial charge >= 0.3 is 0 Å². The lowest BCUT2D eigenvalue weighted by Crippen LogP contribution is -2.31. The molecule has 0 spiro atoms. The third-order valence-corrected chi connectivity index (χ3v) is 2.49. The highest BCUT2D eigenvalue weighted by Gasteiger charge is 2.11. The smallest absolute Gasteiger partial charge is 0.217 e. The zero-order valence-corrected chi connectivity index (χ0v) is 9.64. The Bertz CT molecular complexity index is 387. The first kappa shape index (κ1) is 11.8. The number of hydrogen-bond donors (Lipinski definition) is 1. The number of rotatable bonds is 3. The standard InChI is InChI=1S/C12H14ClNO/c1-8(9(2)14-10(3)15)11-6-4-5-7-12(11)13/h4-7,9H,1H2,2-3H3,(H,14,15)/t9-/m0/s1. The predicted octanol–water partition coefficient (Wildman–Crippen LogP) is 2.88. The van der Waals surface area contributed by atoms with Gasteiger partial charge in [0.1, 0.15) is 0 Å². The first-order valence-electron chi connectivity index (χ1n) is 4.73. The van der Waals surface area contributed by atoms with Gasteiger partial charge in [-0.2, -0.15) is 0 Å². The van der Waals surface area contributed by atoms with Gasteiger partial charge in [-0.15, -0.1) is 0 Å². The van der Waals surface area contributed by atoms with Crippen LogP contribution in [0.25, 0.3) is 5.57 Å². The fourth-order valence-corrected chi connectivity index (χ4v) is 1.60. The van der Waals surface area contributed by atoms with Crippen LogP contribution in [0, 0.1) is 0 Å². The summed E-state index contributed by atoms with van der Waals surface area (Å²) in [6.07, 6.45) is 0. The quantitative estimate of drug-likeness (QED) is 0.839. The second-order valence-electron chi connectivity index (χ2n) is 3.43. The zero-order chi connectivity index (χ0) is 11.4. The molecule has 15 heavy (non-hydrogen) atoms. The maximum Gasteiger partial charge on any atom is 0.217 e. The summed E-state index contributed by atoms with van der Waals surface area (Å²) in [6, 6.07) is 7.35. The van der Waals surface area contributed by atoms with Crippen LogP contribution in [0.15, 0.2) is 30.8 Å². The Balaban J connectivity index is 2.85. The van der Waals surface area contributed by atoms with Crippen LogP contribution in [-0.4, -0.2) is 11.9 Å². The lowest BCUT2D eigenvalue weighted by molar-refractivity contribution is -0.119. The molecule has 0 unspecified atom stereocenters. The molecule has 0 radical (unpaired) electrons. The Morgan fingerprint density at radius 3 is 2.60 bits per heavy atom. The number of nitrogens with one attached hydrogen (secondary N) is 1. The lowest BCUT2D eigenvalue weighted by Gasteiger charge is -2.16. The molecule has 0 aliphatic heterocycles. The van der Waals surface area contributed by atoms with Gasteiger partial charge in [-0.1, -0.05) is 36.4 Å². The Hall–Kier alpha value is -1.28. The number of carbonyl (C=O) groups excluding carboxylic acids is 1. The zero-order valence-electron chi connectivity index (χ0n) is 8.88. The molecule has 0 heterocycles. The Morgan fingerprint density at radius 1 is 1.47 bits per heavy atom. The average Bonchev–Trinajstić information content (AvgIpc) is 2.16. The summed E-state index contributed by atoms with van der Waals surface area (Å²) in [5.41, 5.74) is 1.69. The van der Waals surface area contributed by atoms with Crippen LogP contribution in [0.4, 0.5) is 0 Å². The molecule has 2 nitrogen and oxygen atoms in total. The maximum atomic E-state index is 10.9. The highest BCUT2D eigenvalue weighted by molar-refractivity contribution is 6.32. The van der Waals surface area contributed by atoms with Gasteiger partial charge in [-0.3, -0.25) is 4.79 Å². The van der Waals surface area contributed by atoms with Crippen LogP contribution < -0.4 is 5.32 Å². The molecule has 0 fully saturated rings. The Morgan fingerprint density at radius 2 is 2.07 bits per heavy atom. The van der Waals surface area contributed by atoms with Crippen molar-refractivity contribution in [1.29, 1.82) is 0 Å². The minimum Gasteiger partial charge on any atom is -0.350 e. The Kier molecular flexibility index (Phi) is 3.92. The molecule has 1 aromatic carbocycles. The molecule has 3 heteroatoms. The summed E-state index contributed by atoms with van der Waals surface area (Å²) in [5.74, 6) is -0.0734. The number of carbonyl (C=O) groups is 1. The molecule has 0 aliphatic carbocycles. The highest BCUT2D eigenvalue weighted by atomic mass is 35.5. The van der Waals surface area contributed by atoms with Gasteiger partial charge < -0.3 is 5.32 Å². The van der Waals surface area contributed by atoms with Gasteiger partial charge in [0.2, 0.25) is 5.91 Å². The van der Waals surface area contributed by atoms with E-state index in [0.717, 1.165) is 11.1 Å². The normalized spacial score (nSPS) is 11.9. The molecule has 80 valence electrons. The molecular weight excluding hydrogens is 210 g/mol. The largest absolute Gasteiger partial charge is 0.350 e. The Labute approximate surface area is 94.9 Å². The van der Waals surface area contributed by atoms with Gasteiger partial charge in [-0.05, 0) is 24.1 Å². The van der Waals surface area contributed by atoms with Crippen molar-refractivity contribution in [3.05, 3.63) is 41.4 Å². The summed E-state index contributed by atoms with van der Waals surface area (Å²) < 4.78 is 0. The van der Waals surface area contributed by atoms with Crippen LogP contribution >= 0.6 is 11.6 Å². The van der Waals surface area contributed by atoms with Crippen LogP contribution in [0.1, 0.15) is 19.4 Å². The van der Waals surface area contributed by atoms with Crippen LogP contribution in [0.3, 0.4) is 0 Å². The van der Waals surface area contributed by atoms with Crippen molar-refractivity contribution in [2.75, 3.05) is 0 Å². The molecule has 0 bridgehead atoms. The van der Waals surface area contributed by atoms with E-state index in [0.29, 0.717) is 5.02 Å². The highest BCUT2D eigenvalue weighted by Crippen LogP contribution is 2.24. The van der Waals surface area contributed by atoms with E-state index in [2.05, 4.69) is 11.9 Å². The minimum absolute atomic E-state index is 0.0734.